The van der Waals surface area contributed by atoms with E-state index in [2.05, 4.69) is 23.7 Å². The molecule has 0 radical (unpaired) electrons. The Bertz CT molecular complexity index is 370. The van der Waals surface area contributed by atoms with E-state index < -0.39 is 0 Å². The van der Waals surface area contributed by atoms with E-state index in [0.29, 0.717) is 5.25 Å². The molecule has 1 aliphatic heterocycles. The van der Waals surface area contributed by atoms with Gasteiger partial charge in [0.1, 0.15) is 5.82 Å². The number of nitrogens with zero attached hydrogens (tertiary/aromatic N) is 2. The lowest BCUT2D eigenvalue weighted by atomic mass is 10.2. The third-order valence-corrected chi connectivity index (χ3v) is 3.97. The molecule has 2 heterocycles. The number of anilines is 1. The topological polar surface area (TPSA) is 36.4 Å². The molecule has 1 atom stereocenters. The fraction of sp³-hybridized carbons (Fsp3) is 0.583. The van der Waals surface area contributed by atoms with E-state index in [4.69, 9.17) is 5.11 Å². The Balaban J connectivity index is 2.19. The summed E-state index contributed by atoms with van der Waals surface area (Å²) in [7, 11) is 0. The molecule has 0 aliphatic carbocycles. The van der Waals surface area contributed by atoms with Gasteiger partial charge in [-0.25, -0.2) is 4.98 Å². The Kier molecular flexibility index (Phi) is 3.71. The van der Waals surface area contributed by atoms with Crippen LogP contribution < -0.4 is 4.90 Å². The summed E-state index contributed by atoms with van der Waals surface area (Å²) in [6.07, 6.45) is 1.77. The van der Waals surface area contributed by atoms with E-state index >= 15 is 0 Å². The first-order valence-electron chi connectivity index (χ1n) is 5.63. The van der Waals surface area contributed by atoms with Gasteiger partial charge in [-0.3, -0.25) is 0 Å². The van der Waals surface area contributed by atoms with Crippen molar-refractivity contribution in [3.8, 4) is 0 Å². The molecule has 88 valence electrons. The van der Waals surface area contributed by atoms with Crippen molar-refractivity contribution in [1.29, 1.82) is 0 Å². The van der Waals surface area contributed by atoms with Crippen LogP contribution in [0.2, 0.25) is 0 Å². The maximum Gasteiger partial charge on any atom is 0.131 e. The van der Waals surface area contributed by atoms with Crippen LogP contribution in [0.4, 0.5) is 5.82 Å². The molecular formula is C12H18N2OS. The molecule has 1 aliphatic rings. The molecular weight excluding hydrogens is 220 g/mol. The molecule has 4 heteroatoms. The van der Waals surface area contributed by atoms with Gasteiger partial charge in [0.2, 0.25) is 0 Å². The molecule has 1 aromatic rings. The monoisotopic (exact) mass is 238 g/mol. The van der Waals surface area contributed by atoms with E-state index in [1.54, 1.807) is 6.20 Å². The fourth-order valence-electron chi connectivity index (χ4n) is 2.05. The van der Waals surface area contributed by atoms with Gasteiger partial charge >= 0.3 is 0 Å². The number of hydrogen-bond donors (Lipinski definition) is 1. The first kappa shape index (κ1) is 11.7. The number of aryl methyl sites for hydroxylation is 1. The maximum absolute atomic E-state index is 9.05. The minimum absolute atomic E-state index is 0.0698. The lowest BCUT2D eigenvalue weighted by Crippen LogP contribution is -2.37. The lowest BCUT2D eigenvalue weighted by Gasteiger charge is -2.32. The van der Waals surface area contributed by atoms with Gasteiger partial charge in [-0.2, -0.15) is 11.8 Å². The summed E-state index contributed by atoms with van der Waals surface area (Å²) < 4.78 is 0. The second-order valence-electron chi connectivity index (χ2n) is 4.27. The van der Waals surface area contributed by atoms with E-state index in [1.165, 1.54) is 5.75 Å². The Morgan fingerprint density at radius 1 is 1.62 bits per heavy atom. The van der Waals surface area contributed by atoms with Crippen molar-refractivity contribution in [1.82, 2.24) is 4.98 Å². The average Bonchev–Trinajstić information content (AvgIpc) is 2.28. The zero-order valence-corrected chi connectivity index (χ0v) is 10.6. The lowest BCUT2D eigenvalue weighted by molar-refractivity contribution is 0.281. The second-order valence-corrected chi connectivity index (χ2v) is 5.82. The first-order chi connectivity index (χ1) is 7.70. The maximum atomic E-state index is 9.05. The number of aliphatic hydroxyl groups is 1. The predicted octanol–water partition coefficient (Wildman–Crippen LogP) is 1.82. The largest absolute Gasteiger partial charge is 0.392 e. The normalized spacial score (nSPS) is 21.2. The summed E-state index contributed by atoms with van der Waals surface area (Å²) in [4.78, 5) is 6.81. The van der Waals surface area contributed by atoms with Crippen molar-refractivity contribution in [2.24, 2.45) is 0 Å². The number of rotatable bonds is 2. The van der Waals surface area contributed by atoms with Crippen LogP contribution in [0.1, 0.15) is 18.1 Å². The summed E-state index contributed by atoms with van der Waals surface area (Å²) in [5.74, 6) is 2.24. The summed E-state index contributed by atoms with van der Waals surface area (Å²) >= 11 is 2.02. The summed E-state index contributed by atoms with van der Waals surface area (Å²) in [5, 5.41) is 9.72. The molecule has 0 amide bonds. The molecule has 2 rings (SSSR count). The van der Waals surface area contributed by atoms with Crippen molar-refractivity contribution < 1.29 is 5.11 Å². The third-order valence-electron chi connectivity index (χ3n) is 2.83. The molecule has 1 unspecified atom stereocenters. The van der Waals surface area contributed by atoms with Crippen LogP contribution in [0.3, 0.4) is 0 Å². The van der Waals surface area contributed by atoms with E-state index in [0.717, 1.165) is 30.0 Å². The number of aromatic nitrogens is 1. The van der Waals surface area contributed by atoms with Crippen LogP contribution in [0.5, 0.6) is 0 Å². The highest BCUT2D eigenvalue weighted by Gasteiger charge is 2.19. The highest BCUT2D eigenvalue weighted by Crippen LogP contribution is 2.25. The number of thioether (sulfide) groups is 1. The van der Waals surface area contributed by atoms with E-state index in [9.17, 15) is 0 Å². The summed E-state index contributed by atoms with van der Waals surface area (Å²) in [5.41, 5.74) is 2.05. The van der Waals surface area contributed by atoms with Crippen molar-refractivity contribution >= 4 is 17.6 Å². The number of hydrogen-bond acceptors (Lipinski definition) is 4. The van der Waals surface area contributed by atoms with Crippen molar-refractivity contribution in [2.45, 2.75) is 25.7 Å². The van der Waals surface area contributed by atoms with Crippen molar-refractivity contribution in [3.63, 3.8) is 0 Å². The fourth-order valence-corrected chi connectivity index (χ4v) is 3.07. The first-order valence-corrected chi connectivity index (χ1v) is 6.68. The molecule has 1 fully saturated rings. The molecule has 1 N–H and O–H groups in total. The highest BCUT2D eigenvalue weighted by atomic mass is 32.2. The van der Waals surface area contributed by atoms with Crippen LogP contribution in [0.15, 0.2) is 12.3 Å². The van der Waals surface area contributed by atoms with Gasteiger partial charge in [0.25, 0.3) is 0 Å². The molecule has 1 saturated heterocycles. The predicted molar refractivity (Wildman–Crippen MR) is 69.0 cm³/mol. The molecule has 0 aromatic carbocycles. The van der Waals surface area contributed by atoms with Crippen LogP contribution in [-0.2, 0) is 6.61 Å². The standard InChI is InChI=1S/C12H18N2OS/c1-9-5-11(8-15)6-13-12(9)14-3-4-16-10(2)7-14/h5-6,10,15H,3-4,7-8H2,1-2H3. The third kappa shape index (κ3) is 2.50. The Morgan fingerprint density at radius 2 is 2.44 bits per heavy atom. The van der Waals surface area contributed by atoms with Gasteiger partial charge in [0.05, 0.1) is 6.61 Å². The second kappa shape index (κ2) is 5.06. The molecule has 0 bridgehead atoms. The molecule has 0 saturated carbocycles. The van der Waals surface area contributed by atoms with E-state index in [1.807, 2.05) is 17.8 Å². The van der Waals surface area contributed by atoms with Crippen LogP contribution in [0, 0.1) is 6.92 Å². The van der Waals surface area contributed by atoms with Crippen molar-refractivity contribution in [2.75, 3.05) is 23.7 Å². The smallest absolute Gasteiger partial charge is 0.131 e. The summed E-state index contributed by atoms with van der Waals surface area (Å²) in [6.45, 7) is 6.53. The van der Waals surface area contributed by atoms with Crippen LogP contribution >= 0.6 is 11.8 Å². The van der Waals surface area contributed by atoms with Gasteiger partial charge in [-0.05, 0) is 24.1 Å². The zero-order valence-electron chi connectivity index (χ0n) is 9.81. The Labute approximate surface area is 101 Å². The SMILES string of the molecule is Cc1cc(CO)cnc1N1CCSC(C)C1. The molecule has 16 heavy (non-hydrogen) atoms. The average molecular weight is 238 g/mol. The van der Waals surface area contributed by atoms with Crippen molar-refractivity contribution in [3.05, 3.63) is 23.4 Å². The molecule has 1 aromatic heterocycles. The van der Waals surface area contributed by atoms with Gasteiger partial charge in [-0.15, -0.1) is 0 Å². The minimum Gasteiger partial charge on any atom is -0.392 e. The molecule has 0 spiro atoms. The van der Waals surface area contributed by atoms with Crippen LogP contribution in [0.25, 0.3) is 0 Å². The quantitative estimate of drug-likeness (QED) is 0.852. The Hall–Kier alpha value is -0.740. The Morgan fingerprint density at radius 3 is 3.06 bits per heavy atom. The number of pyridine rings is 1. The highest BCUT2D eigenvalue weighted by molar-refractivity contribution is 8.00. The van der Waals surface area contributed by atoms with Crippen LogP contribution in [-0.4, -0.2) is 34.2 Å². The van der Waals surface area contributed by atoms with Gasteiger partial charge < -0.3 is 10.0 Å². The van der Waals surface area contributed by atoms with Gasteiger partial charge in [-0.1, -0.05) is 6.92 Å². The van der Waals surface area contributed by atoms with Gasteiger partial charge in [0, 0.05) is 30.3 Å². The van der Waals surface area contributed by atoms with E-state index in [-0.39, 0.29) is 6.61 Å². The minimum atomic E-state index is 0.0698. The zero-order chi connectivity index (χ0) is 11.5. The molecule has 3 nitrogen and oxygen atoms in total. The van der Waals surface area contributed by atoms with Gasteiger partial charge in [0.15, 0.2) is 0 Å². The number of aliphatic hydroxyl groups excluding tert-OH is 1. The summed E-state index contributed by atoms with van der Waals surface area (Å²) in [6, 6.07) is 2.02.